The van der Waals surface area contributed by atoms with Crippen LogP contribution < -0.4 is 0 Å². The molecule has 0 aliphatic rings. The lowest BCUT2D eigenvalue weighted by atomic mass is 10.2. The first kappa shape index (κ1) is 13.3. The maximum Gasteiger partial charge on any atom is 0.269 e. The largest absolute Gasteiger partial charge is 0.298 e. The minimum absolute atomic E-state index is 0.0809. The number of non-ortho nitro benzene ring substituents is 1. The van der Waals surface area contributed by atoms with E-state index in [0.717, 1.165) is 21.6 Å². The van der Waals surface area contributed by atoms with Crippen molar-refractivity contribution < 1.29 is 9.72 Å². The highest BCUT2D eigenvalue weighted by atomic mass is 32.2. The Kier molecular flexibility index (Phi) is 3.97. The van der Waals surface area contributed by atoms with E-state index in [2.05, 4.69) is 0 Å². The lowest BCUT2D eigenvalue weighted by Crippen LogP contribution is -1.87. The van der Waals surface area contributed by atoms with Crippen LogP contribution in [0.25, 0.3) is 0 Å². The Morgan fingerprint density at radius 1 is 1.16 bits per heavy atom. The van der Waals surface area contributed by atoms with Gasteiger partial charge in [0.15, 0.2) is 0 Å². The van der Waals surface area contributed by atoms with Gasteiger partial charge in [-0.25, -0.2) is 0 Å². The summed E-state index contributed by atoms with van der Waals surface area (Å²) >= 11 is 1.52. The summed E-state index contributed by atoms with van der Waals surface area (Å²) in [5.74, 6) is 0. The zero-order chi connectivity index (χ0) is 13.8. The Balaban J connectivity index is 2.21. The Bertz CT molecular complexity index is 623. The Hall–Kier alpha value is -2.14. The first-order valence-electron chi connectivity index (χ1n) is 5.58. The zero-order valence-corrected chi connectivity index (χ0v) is 11.0. The second kappa shape index (κ2) is 5.67. The van der Waals surface area contributed by atoms with E-state index < -0.39 is 4.92 Å². The highest BCUT2D eigenvalue weighted by Crippen LogP contribution is 2.31. The fourth-order valence-electron chi connectivity index (χ4n) is 1.62. The number of hydrogen-bond donors (Lipinski definition) is 0. The van der Waals surface area contributed by atoms with Crippen LogP contribution in [-0.4, -0.2) is 11.2 Å². The summed E-state index contributed by atoms with van der Waals surface area (Å²) in [7, 11) is 0. The summed E-state index contributed by atoms with van der Waals surface area (Å²) in [5, 5.41) is 10.6. The molecule has 0 saturated heterocycles. The second-order valence-electron chi connectivity index (χ2n) is 4.00. The summed E-state index contributed by atoms with van der Waals surface area (Å²) in [4.78, 5) is 22.8. The van der Waals surface area contributed by atoms with Gasteiger partial charge in [0.2, 0.25) is 0 Å². The van der Waals surface area contributed by atoms with Crippen LogP contribution in [0.2, 0.25) is 0 Å². The molecule has 96 valence electrons. The molecule has 0 aromatic heterocycles. The fourth-order valence-corrected chi connectivity index (χ4v) is 2.51. The second-order valence-corrected chi connectivity index (χ2v) is 5.11. The third-order valence-electron chi connectivity index (χ3n) is 2.61. The molecule has 0 fully saturated rings. The number of aryl methyl sites for hydroxylation is 1. The van der Waals surface area contributed by atoms with E-state index in [1.807, 2.05) is 19.1 Å². The first-order valence-corrected chi connectivity index (χ1v) is 6.40. The molecule has 0 aliphatic carbocycles. The Morgan fingerprint density at radius 3 is 2.37 bits per heavy atom. The molecule has 0 unspecified atom stereocenters. The molecule has 0 radical (unpaired) electrons. The van der Waals surface area contributed by atoms with Crippen molar-refractivity contribution >= 4 is 23.7 Å². The average molecular weight is 273 g/mol. The van der Waals surface area contributed by atoms with E-state index in [4.69, 9.17) is 0 Å². The molecule has 0 bridgehead atoms. The Labute approximate surface area is 114 Å². The smallest absolute Gasteiger partial charge is 0.269 e. The third kappa shape index (κ3) is 3.20. The van der Waals surface area contributed by atoms with Gasteiger partial charge in [0.05, 0.1) is 4.92 Å². The van der Waals surface area contributed by atoms with Crippen LogP contribution in [0.3, 0.4) is 0 Å². The maximum atomic E-state index is 10.7. The SMILES string of the molecule is Cc1cc(C=O)ccc1Sc1ccc([N+](=O)[O-])cc1. The standard InChI is InChI=1S/C14H11NO3S/c1-10-8-11(9-16)2-7-14(10)19-13-5-3-12(4-6-13)15(17)18/h2-9H,1H3. The molecule has 2 rings (SSSR count). The van der Waals surface area contributed by atoms with Crippen molar-refractivity contribution in [2.24, 2.45) is 0 Å². The van der Waals surface area contributed by atoms with Crippen molar-refractivity contribution in [3.8, 4) is 0 Å². The molecule has 4 nitrogen and oxygen atoms in total. The molecule has 19 heavy (non-hydrogen) atoms. The van der Waals surface area contributed by atoms with Crippen LogP contribution in [0.5, 0.6) is 0 Å². The molecule has 0 amide bonds. The number of nitrogens with zero attached hydrogens (tertiary/aromatic N) is 1. The van der Waals surface area contributed by atoms with Crippen LogP contribution in [0.4, 0.5) is 5.69 Å². The summed E-state index contributed by atoms with van der Waals surface area (Å²) in [6.45, 7) is 1.93. The van der Waals surface area contributed by atoms with Gasteiger partial charge in [0, 0.05) is 27.5 Å². The number of nitro benzene ring substituents is 1. The molecule has 0 atom stereocenters. The van der Waals surface area contributed by atoms with E-state index in [9.17, 15) is 14.9 Å². The van der Waals surface area contributed by atoms with E-state index in [1.54, 1.807) is 18.2 Å². The minimum Gasteiger partial charge on any atom is -0.298 e. The zero-order valence-electron chi connectivity index (χ0n) is 10.2. The highest BCUT2D eigenvalue weighted by Gasteiger charge is 2.06. The number of hydrogen-bond acceptors (Lipinski definition) is 4. The van der Waals surface area contributed by atoms with Crippen LogP contribution in [0.15, 0.2) is 52.3 Å². The van der Waals surface area contributed by atoms with Gasteiger partial charge < -0.3 is 0 Å². The van der Waals surface area contributed by atoms with Gasteiger partial charge in [-0.15, -0.1) is 0 Å². The number of carbonyl (C=O) groups excluding carboxylic acids is 1. The van der Waals surface area contributed by atoms with Gasteiger partial charge >= 0.3 is 0 Å². The van der Waals surface area contributed by atoms with Gasteiger partial charge in [-0.3, -0.25) is 14.9 Å². The molecule has 0 heterocycles. The number of nitro groups is 1. The predicted molar refractivity (Wildman–Crippen MR) is 73.8 cm³/mol. The van der Waals surface area contributed by atoms with Crippen molar-refractivity contribution in [2.45, 2.75) is 16.7 Å². The number of aldehydes is 1. The van der Waals surface area contributed by atoms with Gasteiger partial charge in [-0.1, -0.05) is 17.8 Å². The molecule has 0 saturated carbocycles. The normalized spacial score (nSPS) is 10.2. The van der Waals surface area contributed by atoms with Gasteiger partial charge in [0.25, 0.3) is 5.69 Å². The van der Waals surface area contributed by atoms with Crippen LogP contribution in [0.1, 0.15) is 15.9 Å². The molecule has 5 heteroatoms. The number of benzene rings is 2. The quantitative estimate of drug-likeness (QED) is 0.482. The van der Waals surface area contributed by atoms with Crippen LogP contribution >= 0.6 is 11.8 Å². The van der Waals surface area contributed by atoms with E-state index >= 15 is 0 Å². The molecule has 0 spiro atoms. The van der Waals surface area contributed by atoms with Crippen molar-refractivity contribution in [3.63, 3.8) is 0 Å². The minimum atomic E-state index is -0.418. The fraction of sp³-hybridized carbons (Fsp3) is 0.0714. The molecule has 2 aromatic rings. The van der Waals surface area contributed by atoms with Crippen molar-refractivity contribution in [3.05, 3.63) is 63.7 Å². The lowest BCUT2D eigenvalue weighted by Gasteiger charge is -2.05. The maximum absolute atomic E-state index is 10.7. The van der Waals surface area contributed by atoms with Gasteiger partial charge in [-0.2, -0.15) is 0 Å². The van der Waals surface area contributed by atoms with Crippen LogP contribution in [-0.2, 0) is 0 Å². The highest BCUT2D eigenvalue weighted by molar-refractivity contribution is 7.99. The topological polar surface area (TPSA) is 60.2 Å². The summed E-state index contributed by atoms with van der Waals surface area (Å²) in [6, 6.07) is 11.9. The molecule has 2 aromatic carbocycles. The first-order chi connectivity index (χ1) is 9.10. The third-order valence-corrected chi connectivity index (χ3v) is 3.80. The number of rotatable bonds is 4. The van der Waals surface area contributed by atoms with E-state index in [0.29, 0.717) is 5.56 Å². The summed E-state index contributed by atoms with van der Waals surface area (Å²) < 4.78 is 0. The Morgan fingerprint density at radius 2 is 1.84 bits per heavy atom. The number of carbonyl (C=O) groups is 1. The lowest BCUT2D eigenvalue weighted by molar-refractivity contribution is -0.384. The van der Waals surface area contributed by atoms with Crippen LogP contribution in [0, 0.1) is 17.0 Å². The van der Waals surface area contributed by atoms with Crippen molar-refractivity contribution in [2.75, 3.05) is 0 Å². The van der Waals surface area contributed by atoms with E-state index in [-0.39, 0.29) is 5.69 Å². The van der Waals surface area contributed by atoms with E-state index in [1.165, 1.54) is 23.9 Å². The van der Waals surface area contributed by atoms with Gasteiger partial charge in [-0.05, 0) is 36.8 Å². The average Bonchev–Trinajstić information content (AvgIpc) is 2.41. The van der Waals surface area contributed by atoms with Crippen molar-refractivity contribution in [1.82, 2.24) is 0 Å². The predicted octanol–water partition coefficient (Wildman–Crippen LogP) is 3.87. The molecule has 0 aliphatic heterocycles. The monoisotopic (exact) mass is 273 g/mol. The molecule has 0 N–H and O–H groups in total. The summed E-state index contributed by atoms with van der Waals surface area (Å²) in [6.07, 6.45) is 0.813. The molecular formula is C14H11NO3S. The van der Waals surface area contributed by atoms with Crippen molar-refractivity contribution in [1.29, 1.82) is 0 Å². The molecular weight excluding hydrogens is 262 g/mol. The summed E-state index contributed by atoms with van der Waals surface area (Å²) in [5.41, 5.74) is 1.73. The van der Waals surface area contributed by atoms with Gasteiger partial charge in [0.1, 0.15) is 6.29 Å².